The fraction of sp³-hybridized carbons (Fsp3) is 0.714. The number of hydrogen-bond acceptors (Lipinski definition) is 5. The fourth-order valence-electron chi connectivity index (χ4n) is 2.54. The van der Waals surface area contributed by atoms with Gasteiger partial charge in [-0.2, -0.15) is 0 Å². The van der Waals surface area contributed by atoms with E-state index in [0.29, 0.717) is 18.3 Å². The summed E-state index contributed by atoms with van der Waals surface area (Å²) in [6.45, 7) is 2.60. The molecule has 1 saturated heterocycles. The lowest BCUT2D eigenvalue weighted by Gasteiger charge is -2.32. The van der Waals surface area contributed by atoms with Crippen molar-refractivity contribution in [1.82, 2.24) is 14.5 Å². The molecule has 1 unspecified atom stereocenters. The molecule has 0 bridgehead atoms. The van der Waals surface area contributed by atoms with E-state index in [2.05, 4.69) is 17.3 Å². The Morgan fingerprint density at radius 3 is 2.81 bits per heavy atom. The van der Waals surface area contributed by atoms with Crippen molar-refractivity contribution in [3.8, 4) is 0 Å². The van der Waals surface area contributed by atoms with Crippen molar-refractivity contribution in [3.63, 3.8) is 0 Å². The lowest BCUT2D eigenvalue weighted by atomic mass is 10.0. The third-order valence-corrected chi connectivity index (χ3v) is 5.66. The van der Waals surface area contributed by atoms with Crippen molar-refractivity contribution in [3.05, 3.63) is 17.9 Å². The maximum atomic E-state index is 11.9. The van der Waals surface area contributed by atoms with E-state index in [1.165, 1.54) is 39.4 Å². The van der Waals surface area contributed by atoms with Crippen LogP contribution in [0.2, 0.25) is 0 Å². The second-order valence-electron chi connectivity index (χ2n) is 5.77. The summed E-state index contributed by atoms with van der Waals surface area (Å²) in [5, 5.41) is 3.35. The lowest BCUT2D eigenvalue weighted by molar-refractivity contribution is 0.180. The summed E-state index contributed by atoms with van der Waals surface area (Å²) in [5.41, 5.74) is 0. The average molecular weight is 315 g/mol. The van der Waals surface area contributed by atoms with Gasteiger partial charge in [0.15, 0.2) is 0 Å². The molecule has 2 rings (SSSR count). The predicted molar refractivity (Wildman–Crippen MR) is 81.6 cm³/mol. The van der Waals surface area contributed by atoms with Gasteiger partial charge >= 0.3 is 0 Å². The highest BCUT2D eigenvalue weighted by Gasteiger charge is 2.22. The number of furan rings is 1. The SMILES string of the molecule is CN1CCCCC1CNCc1ccc(S(=O)(=O)N(C)C)o1. The van der Waals surface area contributed by atoms with Crippen LogP contribution in [0, 0.1) is 0 Å². The first kappa shape index (κ1) is 16.5. The molecule has 0 amide bonds. The van der Waals surface area contributed by atoms with Crippen LogP contribution in [0.3, 0.4) is 0 Å². The Bertz CT molecular complexity index is 554. The highest BCUT2D eigenvalue weighted by atomic mass is 32.2. The van der Waals surface area contributed by atoms with Gasteiger partial charge in [0.1, 0.15) is 5.76 Å². The highest BCUT2D eigenvalue weighted by Crippen LogP contribution is 2.17. The average Bonchev–Trinajstić information content (AvgIpc) is 2.90. The molecule has 21 heavy (non-hydrogen) atoms. The summed E-state index contributed by atoms with van der Waals surface area (Å²) in [6.07, 6.45) is 3.77. The molecule has 0 saturated carbocycles. The molecule has 0 spiro atoms. The number of piperidine rings is 1. The smallest absolute Gasteiger partial charge is 0.275 e. The van der Waals surface area contributed by atoms with E-state index in [-0.39, 0.29) is 5.09 Å². The number of nitrogens with zero attached hydrogens (tertiary/aromatic N) is 2. The van der Waals surface area contributed by atoms with E-state index in [1.807, 2.05) is 0 Å². The van der Waals surface area contributed by atoms with Crippen LogP contribution in [0.5, 0.6) is 0 Å². The molecule has 1 aliphatic heterocycles. The van der Waals surface area contributed by atoms with Crippen molar-refractivity contribution in [2.24, 2.45) is 0 Å². The predicted octanol–water partition coefficient (Wildman–Crippen LogP) is 1.10. The maximum absolute atomic E-state index is 11.9. The lowest BCUT2D eigenvalue weighted by Crippen LogP contribution is -2.42. The minimum atomic E-state index is -3.48. The Morgan fingerprint density at radius 2 is 2.14 bits per heavy atom. The van der Waals surface area contributed by atoms with Crippen molar-refractivity contribution in [2.45, 2.75) is 36.9 Å². The Labute approximate surface area is 127 Å². The van der Waals surface area contributed by atoms with Crippen LogP contribution in [0.4, 0.5) is 0 Å². The first-order valence-electron chi connectivity index (χ1n) is 7.33. The van der Waals surface area contributed by atoms with E-state index in [1.54, 1.807) is 6.07 Å². The van der Waals surface area contributed by atoms with Crippen LogP contribution in [-0.2, 0) is 16.6 Å². The molecule has 1 aromatic rings. The Morgan fingerprint density at radius 1 is 1.38 bits per heavy atom. The molecule has 0 radical (unpaired) electrons. The molecule has 7 heteroatoms. The Balaban J connectivity index is 1.86. The molecular formula is C14H25N3O3S. The number of nitrogens with one attached hydrogen (secondary N) is 1. The highest BCUT2D eigenvalue weighted by molar-refractivity contribution is 7.88. The van der Waals surface area contributed by atoms with Crippen LogP contribution in [0.1, 0.15) is 25.0 Å². The van der Waals surface area contributed by atoms with E-state index < -0.39 is 10.0 Å². The Kier molecular flexibility index (Phi) is 5.43. The molecular weight excluding hydrogens is 290 g/mol. The zero-order valence-electron chi connectivity index (χ0n) is 13.0. The van der Waals surface area contributed by atoms with Gasteiger partial charge in [0.2, 0.25) is 5.09 Å². The molecule has 1 aromatic heterocycles. The van der Waals surface area contributed by atoms with Crippen molar-refractivity contribution in [1.29, 1.82) is 0 Å². The fourth-order valence-corrected chi connectivity index (χ4v) is 3.35. The minimum absolute atomic E-state index is 0.000848. The number of likely N-dealkylation sites (N-methyl/N-ethyl adjacent to an activating group) is 1. The van der Waals surface area contributed by atoms with Gasteiger partial charge in [-0.05, 0) is 38.6 Å². The van der Waals surface area contributed by atoms with Gasteiger partial charge in [-0.3, -0.25) is 0 Å². The zero-order chi connectivity index (χ0) is 15.5. The number of rotatable bonds is 6. The number of sulfonamides is 1. The van der Waals surface area contributed by atoms with Crippen LogP contribution < -0.4 is 5.32 Å². The number of hydrogen-bond donors (Lipinski definition) is 1. The van der Waals surface area contributed by atoms with Gasteiger partial charge in [-0.15, -0.1) is 0 Å². The monoisotopic (exact) mass is 315 g/mol. The maximum Gasteiger partial charge on any atom is 0.275 e. The molecule has 0 aromatic carbocycles. The molecule has 2 heterocycles. The minimum Gasteiger partial charge on any atom is -0.447 e. The summed E-state index contributed by atoms with van der Waals surface area (Å²) in [5.74, 6) is 0.647. The molecule has 120 valence electrons. The summed E-state index contributed by atoms with van der Waals surface area (Å²) in [7, 11) is 1.66. The summed E-state index contributed by atoms with van der Waals surface area (Å²) >= 11 is 0. The Hall–Kier alpha value is -0.890. The van der Waals surface area contributed by atoms with E-state index in [9.17, 15) is 8.42 Å². The van der Waals surface area contributed by atoms with E-state index in [4.69, 9.17) is 4.42 Å². The molecule has 0 aliphatic carbocycles. The van der Waals surface area contributed by atoms with Crippen LogP contribution in [0.15, 0.2) is 21.6 Å². The largest absolute Gasteiger partial charge is 0.447 e. The van der Waals surface area contributed by atoms with Gasteiger partial charge in [0.25, 0.3) is 10.0 Å². The summed E-state index contributed by atoms with van der Waals surface area (Å²) in [4.78, 5) is 2.38. The van der Waals surface area contributed by atoms with Crippen LogP contribution >= 0.6 is 0 Å². The van der Waals surface area contributed by atoms with Crippen molar-refractivity contribution < 1.29 is 12.8 Å². The molecule has 6 nitrogen and oxygen atoms in total. The van der Waals surface area contributed by atoms with Crippen LogP contribution in [-0.4, -0.2) is 57.9 Å². The van der Waals surface area contributed by atoms with Gasteiger partial charge in [-0.1, -0.05) is 6.42 Å². The van der Waals surface area contributed by atoms with Crippen LogP contribution in [0.25, 0.3) is 0 Å². The van der Waals surface area contributed by atoms with Gasteiger partial charge in [0.05, 0.1) is 6.54 Å². The first-order chi connectivity index (χ1) is 9.91. The summed E-state index contributed by atoms with van der Waals surface area (Å²) < 4.78 is 30.4. The third-order valence-electron chi connectivity index (χ3n) is 3.97. The molecule has 1 fully saturated rings. The second kappa shape index (κ2) is 6.91. The zero-order valence-corrected chi connectivity index (χ0v) is 13.8. The number of likely N-dealkylation sites (tertiary alicyclic amines) is 1. The quantitative estimate of drug-likeness (QED) is 0.852. The molecule has 1 N–H and O–H groups in total. The van der Waals surface area contributed by atoms with E-state index >= 15 is 0 Å². The van der Waals surface area contributed by atoms with Gasteiger partial charge in [0, 0.05) is 26.7 Å². The van der Waals surface area contributed by atoms with Crippen molar-refractivity contribution in [2.75, 3.05) is 34.2 Å². The van der Waals surface area contributed by atoms with Gasteiger partial charge in [-0.25, -0.2) is 12.7 Å². The second-order valence-corrected chi connectivity index (χ2v) is 7.85. The molecule has 1 atom stereocenters. The summed E-state index contributed by atoms with van der Waals surface area (Å²) in [6, 6.07) is 3.78. The van der Waals surface area contributed by atoms with Crippen molar-refractivity contribution >= 4 is 10.0 Å². The van der Waals surface area contributed by atoms with Gasteiger partial charge < -0.3 is 14.6 Å². The first-order valence-corrected chi connectivity index (χ1v) is 8.77. The standard InChI is InChI=1S/C14H25N3O3S/c1-16(2)21(18,19)14-8-7-13(20-14)11-15-10-12-6-4-5-9-17(12)3/h7-8,12,15H,4-6,9-11H2,1-3H3. The third kappa shape index (κ3) is 4.06. The van der Waals surface area contributed by atoms with E-state index in [0.717, 1.165) is 17.4 Å². The molecule has 1 aliphatic rings. The topological polar surface area (TPSA) is 65.8 Å². The normalized spacial score (nSPS) is 21.0.